The van der Waals surface area contributed by atoms with E-state index in [2.05, 4.69) is 48.4 Å². The van der Waals surface area contributed by atoms with Crippen molar-refractivity contribution in [1.82, 2.24) is 30.0 Å². The highest BCUT2D eigenvalue weighted by Crippen LogP contribution is 2.27. The molecular formula is C28H31N7O2. The number of aromatic amines is 1. The van der Waals surface area contributed by atoms with Crippen LogP contribution in [0.25, 0.3) is 22.0 Å². The molecule has 2 aliphatic heterocycles. The third-order valence-corrected chi connectivity index (χ3v) is 7.21. The van der Waals surface area contributed by atoms with Gasteiger partial charge >= 0.3 is 0 Å². The van der Waals surface area contributed by atoms with Gasteiger partial charge in [0.05, 0.1) is 5.52 Å². The number of likely N-dealkylation sites (tertiary alicyclic amines) is 2. The number of fused-ring (bicyclic) bond motifs is 1. The van der Waals surface area contributed by atoms with Crippen LogP contribution in [0.3, 0.4) is 0 Å². The smallest absolute Gasteiger partial charge is 0.276 e. The number of carbonyl (C=O) groups is 1. The van der Waals surface area contributed by atoms with E-state index in [1.54, 1.807) is 18.3 Å². The van der Waals surface area contributed by atoms with Gasteiger partial charge in [-0.05, 0) is 74.8 Å². The lowest BCUT2D eigenvalue weighted by atomic mass is 10.0. The minimum absolute atomic E-state index is 0.141. The van der Waals surface area contributed by atoms with Crippen LogP contribution in [0, 0.1) is 0 Å². The van der Waals surface area contributed by atoms with Crippen LogP contribution < -0.4 is 10.1 Å². The predicted octanol–water partition coefficient (Wildman–Crippen LogP) is 3.95. The van der Waals surface area contributed by atoms with E-state index in [-0.39, 0.29) is 12.0 Å². The average molecular weight is 498 g/mol. The van der Waals surface area contributed by atoms with E-state index < -0.39 is 0 Å². The Morgan fingerprint density at radius 2 is 1.95 bits per heavy atom. The quantitative estimate of drug-likeness (QED) is 0.399. The number of benzene rings is 1. The number of hydrogen-bond donors (Lipinski definition) is 2. The van der Waals surface area contributed by atoms with Crippen molar-refractivity contribution in [3.8, 4) is 17.0 Å². The first-order chi connectivity index (χ1) is 18.1. The zero-order valence-corrected chi connectivity index (χ0v) is 21.0. The third kappa shape index (κ3) is 5.33. The lowest BCUT2D eigenvalue weighted by molar-refractivity contribution is 0.102. The van der Waals surface area contributed by atoms with Gasteiger partial charge in [-0.3, -0.25) is 19.8 Å². The monoisotopic (exact) mass is 497 g/mol. The molecule has 6 rings (SSSR count). The predicted molar refractivity (Wildman–Crippen MR) is 143 cm³/mol. The SMILES string of the molecule is CN1CCC(Oc2cc(NC(=O)c3n[nH]c4ccc(-c5cncc(CN6CCC6)c5)cc34)ccn2)CC1. The fourth-order valence-electron chi connectivity index (χ4n) is 4.91. The molecule has 2 aliphatic rings. The number of nitrogens with one attached hydrogen (secondary N) is 2. The van der Waals surface area contributed by atoms with Crippen molar-refractivity contribution >= 4 is 22.5 Å². The molecule has 5 heterocycles. The molecule has 2 fully saturated rings. The highest BCUT2D eigenvalue weighted by molar-refractivity contribution is 6.11. The average Bonchev–Trinajstić information content (AvgIpc) is 3.32. The fraction of sp³-hybridized carbons (Fsp3) is 0.357. The number of hydrogen-bond acceptors (Lipinski definition) is 7. The first-order valence-electron chi connectivity index (χ1n) is 12.9. The summed E-state index contributed by atoms with van der Waals surface area (Å²) >= 11 is 0. The van der Waals surface area contributed by atoms with Crippen LogP contribution in [0.1, 0.15) is 35.3 Å². The Kier molecular flexibility index (Phi) is 6.55. The van der Waals surface area contributed by atoms with Crippen LogP contribution in [-0.4, -0.2) is 75.2 Å². The molecule has 1 aromatic carbocycles. The molecule has 2 N–H and O–H groups in total. The molecule has 9 nitrogen and oxygen atoms in total. The lowest BCUT2D eigenvalue weighted by Crippen LogP contribution is -2.36. The second-order valence-electron chi connectivity index (χ2n) is 10.0. The number of ether oxygens (including phenoxy) is 1. The molecule has 37 heavy (non-hydrogen) atoms. The van der Waals surface area contributed by atoms with Crippen LogP contribution in [0.5, 0.6) is 5.88 Å². The van der Waals surface area contributed by atoms with E-state index in [4.69, 9.17) is 4.74 Å². The topological polar surface area (TPSA) is 99.3 Å². The van der Waals surface area contributed by atoms with Crippen LogP contribution in [0.15, 0.2) is 55.0 Å². The number of pyridine rings is 2. The van der Waals surface area contributed by atoms with Gasteiger partial charge in [-0.15, -0.1) is 0 Å². The highest BCUT2D eigenvalue weighted by atomic mass is 16.5. The van der Waals surface area contributed by atoms with Gasteiger partial charge in [-0.25, -0.2) is 4.98 Å². The maximum Gasteiger partial charge on any atom is 0.276 e. The summed E-state index contributed by atoms with van der Waals surface area (Å²) in [6.45, 7) is 5.22. The second-order valence-corrected chi connectivity index (χ2v) is 10.0. The molecule has 9 heteroatoms. The summed E-state index contributed by atoms with van der Waals surface area (Å²) in [4.78, 5) is 26.7. The van der Waals surface area contributed by atoms with Crippen molar-refractivity contribution in [2.75, 3.05) is 38.5 Å². The normalized spacial score (nSPS) is 17.0. The van der Waals surface area contributed by atoms with Crippen molar-refractivity contribution in [2.24, 2.45) is 0 Å². The van der Waals surface area contributed by atoms with Gasteiger partial charge in [0.15, 0.2) is 5.69 Å². The van der Waals surface area contributed by atoms with Crippen LogP contribution in [0.2, 0.25) is 0 Å². The molecule has 3 aromatic heterocycles. The minimum atomic E-state index is -0.287. The molecule has 0 aliphatic carbocycles. The van der Waals surface area contributed by atoms with Crippen LogP contribution in [-0.2, 0) is 6.54 Å². The number of amides is 1. The third-order valence-electron chi connectivity index (χ3n) is 7.21. The lowest BCUT2D eigenvalue weighted by Gasteiger charge is -2.30. The Balaban J connectivity index is 1.19. The molecule has 0 spiro atoms. The van der Waals surface area contributed by atoms with E-state index in [1.807, 2.05) is 30.6 Å². The zero-order chi connectivity index (χ0) is 25.2. The number of carbonyl (C=O) groups excluding carboxylic acids is 1. The molecule has 0 radical (unpaired) electrons. The first kappa shape index (κ1) is 23.6. The highest BCUT2D eigenvalue weighted by Gasteiger charge is 2.20. The van der Waals surface area contributed by atoms with Gasteiger partial charge in [0, 0.05) is 60.9 Å². The Hall–Kier alpha value is -3.82. The van der Waals surface area contributed by atoms with E-state index in [0.29, 0.717) is 17.3 Å². The van der Waals surface area contributed by atoms with Crippen LogP contribution >= 0.6 is 0 Å². The van der Waals surface area contributed by atoms with Crippen molar-refractivity contribution in [1.29, 1.82) is 0 Å². The molecule has 0 unspecified atom stereocenters. The van der Waals surface area contributed by atoms with Crippen molar-refractivity contribution in [3.63, 3.8) is 0 Å². The van der Waals surface area contributed by atoms with E-state index in [0.717, 1.165) is 67.6 Å². The Bertz CT molecular complexity index is 1410. The van der Waals surface area contributed by atoms with Gasteiger partial charge < -0.3 is 15.0 Å². The van der Waals surface area contributed by atoms with E-state index in [9.17, 15) is 4.79 Å². The molecule has 4 aromatic rings. The summed E-state index contributed by atoms with van der Waals surface area (Å²) in [5.74, 6) is 0.233. The van der Waals surface area contributed by atoms with Crippen molar-refractivity contribution in [3.05, 3.63) is 66.2 Å². The summed E-state index contributed by atoms with van der Waals surface area (Å²) in [6, 6.07) is 11.7. The Labute approximate surface area is 215 Å². The number of rotatable bonds is 7. The molecule has 0 saturated carbocycles. The molecular weight excluding hydrogens is 466 g/mol. The Morgan fingerprint density at radius 3 is 2.76 bits per heavy atom. The van der Waals surface area contributed by atoms with Gasteiger partial charge in [-0.2, -0.15) is 5.10 Å². The first-order valence-corrected chi connectivity index (χ1v) is 12.9. The van der Waals surface area contributed by atoms with Crippen molar-refractivity contribution < 1.29 is 9.53 Å². The standard InChI is InChI=1S/C28H31N7O2/c1-34-11-6-23(7-12-34)37-26-15-22(5-8-30-26)31-28(36)27-24-14-20(3-4-25(24)32-33-27)21-13-19(16-29-17-21)18-35-9-2-10-35/h3-5,8,13-17,23H,2,6-7,9-12,18H2,1H3,(H,32,33)(H,30,31,36). The molecule has 190 valence electrons. The van der Waals surface area contributed by atoms with Gasteiger partial charge in [0.2, 0.25) is 5.88 Å². The number of nitrogens with zero attached hydrogens (tertiary/aromatic N) is 5. The molecule has 0 atom stereocenters. The summed E-state index contributed by atoms with van der Waals surface area (Å²) in [6.07, 6.45) is 8.78. The number of anilines is 1. The minimum Gasteiger partial charge on any atom is -0.474 e. The van der Waals surface area contributed by atoms with Gasteiger partial charge in [0.1, 0.15) is 6.10 Å². The molecule has 1 amide bonds. The fourth-order valence-corrected chi connectivity index (χ4v) is 4.91. The maximum absolute atomic E-state index is 13.2. The number of piperidine rings is 1. The van der Waals surface area contributed by atoms with Gasteiger partial charge in [0.25, 0.3) is 5.91 Å². The van der Waals surface area contributed by atoms with E-state index in [1.165, 1.54) is 12.0 Å². The van der Waals surface area contributed by atoms with Crippen molar-refractivity contribution in [2.45, 2.75) is 31.9 Å². The van der Waals surface area contributed by atoms with E-state index >= 15 is 0 Å². The number of aromatic nitrogens is 4. The Morgan fingerprint density at radius 1 is 1.08 bits per heavy atom. The summed E-state index contributed by atoms with van der Waals surface area (Å²) in [5, 5.41) is 11.0. The largest absolute Gasteiger partial charge is 0.474 e. The van der Waals surface area contributed by atoms with Gasteiger partial charge in [-0.1, -0.05) is 6.07 Å². The maximum atomic E-state index is 13.2. The summed E-state index contributed by atoms with van der Waals surface area (Å²) in [7, 11) is 2.12. The summed E-state index contributed by atoms with van der Waals surface area (Å²) in [5.41, 5.74) is 4.99. The molecule has 2 saturated heterocycles. The number of H-pyrrole nitrogens is 1. The zero-order valence-electron chi connectivity index (χ0n) is 21.0. The van der Waals surface area contributed by atoms with Crippen LogP contribution in [0.4, 0.5) is 5.69 Å². The second kappa shape index (κ2) is 10.3. The summed E-state index contributed by atoms with van der Waals surface area (Å²) < 4.78 is 6.08. The molecule has 0 bridgehead atoms.